The van der Waals surface area contributed by atoms with Gasteiger partial charge in [0.05, 0.1) is 53.7 Å². The van der Waals surface area contributed by atoms with Gasteiger partial charge in [0.2, 0.25) is 0 Å². The highest BCUT2D eigenvalue weighted by Crippen LogP contribution is 2.48. The molecule has 4 N–H and O–H groups in total. The Kier molecular flexibility index (Phi) is 13.2. The third kappa shape index (κ3) is 8.08. The normalized spacial score (nSPS) is 49.6. The zero-order chi connectivity index (χ0) is 37.7. The van der Waals surface area contributed by atoms with Crippen LogP contribution in [0, 0.1) is 23.7 Å². The first-order chi connectivity index (χ1) is 23.1. The lowest BCUT2D eigenvalue weighted by atomic mass is 9.76. The molecule has 2 bridgehead atoms. The number of cyclic esters (lactones) is 1. The van der Waals surface area contributed by atoms with Crippen LogP contribution in [0.5, 0.6) is 0 Å². The summed E-state index contributed by atoms with van der Waals surface area (Å²) in [6.45, 7) is 18.3. The Labute approximate surface area is 299 Å². The van der Waals surface area contributed by atoms with Crippen molar-refractivity contribution in [1.82, 2.24) is 4.90 Å². The van der Waals surface area contributed by atoms with E-state index in [9.17, 15) is 25.2 Å². The van der Waals surface area contributed by atoms with Crippen molar-refractivity contribution in [3.05, 3.63) is 0 Å². The SMILES string of the molecule is CC[C@@H](O)[C@@](C)(O)[C@@H]1OC(=O)[C@H](C)[C@@H](O[C@H]2C[C@@](C)(OC)[C@@H](O)[C@H](C)O2)[C@H](C)[C@@H](O[C@@H]2O[C@H](C)C[C@H](N(C)C)[C@H]2O)[C@@]2(C)C[C@@H](C)[C@H](O2)[C@@H]1C. The van der Waals surface area contributed by atoms with E-state index >= 15 is 0 Å². The van der Waals surface area contributed by atoms with Gasteiger partial charge in [0.15, 0.2) is 12.6 Å². The highest BCUT2D eigenvalue weighted by Gasteiger charge is 2.59. The number of methoxy groups -OCH3 is 1. The first-order valence-electron chi connectivity index (χ1n) is 18.6. The van der Waals surface area contributed by atoms with Crippen molar-refractivity contribution in [2.24, 2.45) is 23.7 Å². The molecule has 4 saturated heterocycles. The van der Waals surface area contributed by atoms with Gasteiger partial charge >= 0.3 is 5.97 Å². The van der Waals surface area contributed by atoms with Crippen LogP contribution in [0.4, 0.5) is 0 Å². The first kappa shape index (κ1) is 41.8. The number of carbonyl (C=O) groups excluding carboxylic acids is 1. The molecule has 0 spiro atoms. The van der Waals surface area contributed by atoms with Crippen molar-refractivity contribution in [1.29, 1.82) is 0 Å². The molecule has 50 heavy (non-hydrogen) atoms. The summed E-state index contributed by atoms with van der Waals surface area (Å²) >= 11 is 0. The lowest BCUT2D eigenvalue weighted by molar-refractivity contribution is -0.318. The predicted octanol–water partition coefficient (Wildman–Crippen LogP) is 2.62. The second kappa shape index (κ2) is 15.8. The van der Waals surface area contributed by atoms with Crippen LogP contribution in [0.15, 0.2) is 0 Å². The average molecular weight is 718 g/mol. The van der Waals surface area contributed by atoms with Gasteiger partial charge in [-0.15, -0.1) is 0 Å². The zero-order valence-corrected chi connectivity index (χ0v) is 32.6. The highest BCUT2D eigenvalue weighted by molar-refractivity contribution is 5.73. The number of esters is 1. The smallest absolute Gasteiger partial charge is 0.311 e. The lowest BCUT2D eigenvalue weighted by Crippen LogP contribution is -2.60. The fraction of sp³-hybridized carbons (Fsp3) is 0.973. The maximum Gasteiger partial charge on any atom is 0.311 e. The van der Waals surface area contributed by atoms with Crippen LogP contribution in [0.3, 0.4) is 0 Å². The van der Waals surface area contributed by atoms with E-state index in [1.54, 1.807) is 27.7 Å². The van der Waals surface area contributed by atoms with Gasteiger partial charge in [0.1, 0.15) is 23.9 Å². The summed E-state index contributed by atoms with van der Waals surface area (Å²) in [7, 11) is 5.37. The molecule has 0 aromatic heterocycles. The molecule has 4 aliphatic heterocycles. The number of hydrogen-bond acceptors (Lipinski definition) is 13. The molecule has 0 aromatic rings. The Bertz CT molecular complexity index is 1140. The van der Waals surface area contributed by atoms with E-state index in [1.807, 2.05) is 46.7 Å². The van der Waals surface area contributed by atoms with Gasteiger partial charge < -0.3 is 58.5 Å². The van der Waals surface area contributed by atoms with E-state index in [2.05, 4.69) is 6.92 Å². The van der Waals surface area contributed by atoms with E-state index in [1.165, 1.54) is 14.0 Å². The van der Waals surface area contributed by atoms with Crippen LogP contribution >= 0.6 is 0 Å². The standard InChI is InChI=1S/C37H67NO12/c1-14-25(39)37(10,43)32-20(4)28-18(2)16-36(9,50-28)31(49-34-27(40)24(38(11)12)15-19(3)45-34)21(5)29(22(6)33(42)48-32)47-26-17-35(8,44-13)30(41)23(7)46-26/h18-32,34,39-41,43H,14-17H2,1-13H3/t18-,19-,20+,21+,22-,23+,24+,25-,26+,27-,28+,29+,30+,31-,32-,34+,35-,36-,37-/m1/s1. The Morgan fingerprint density at radius 2 is 1.66 bits per heavy atom. The van der Waals surface area contributed by atoms with E-state index in [0.29, 0.717) is 12.8 Å². The van der Waals surface area contributed by atoms with Crippen LogP contribution in [0.1, 0.15) is 94.9 Å². The van der Waals surface area contributed by atoms with Crippen molar-refractivity contribution in [2.45, 2.75) is 185 Å². The van der Waals surface area contributed by atoms with Gasteiger partial charge in [-0.2, -0.15) is 0 Å². The quantitative estimate of drug-likeness (QED) is 0.258. The molecule has 292 valence electrons. The summed E-state index contributed by atoms with van der Waals surface area (Å²) in [5, 5.41) is 45.2. The molecule has 0 aromatic carbocycles. The van der Waals surface area contributed by atoms with Gasteiger partial charge in [0, 0.05) is 31.4 Å². The molecule has 13 nitrogen and oxygen atoms in total. The van der Waals surface area contributed by atoms with Crippen LogP contribution < -0.4 is 0 Å². The minimum absolute atomic E-state index is 0.0580. The third-order valence-corrected chi connectivity index (χ3v) is 12.4. The number of carbonyl (C=O) groups is 1. The highest BCUT2D eigenvalue weighted by atomic mass is 16.7. The maximum absolute atomic E-state index is 14.3. The monoisotopic (exact) mass is 717 g/mol. The second-order valence-corrected chi connectivity index (χ2v) is 16.8. The number of rotatable bonds is 9. The van der Waals surface area contributed by atoms with Crippen molar-refractivity contribution in [2.75, 3.05) is 21.2 Å². The largest absolute Gasteiger partial charge is 0.459 e. The molecule has 0 amide bonds. The molecule has 0 aliphatic carbocycles. The van der Waals surface area contributed by atoms with E-state index in [4.69, 9.17) is 33.2 Å². The molecular formula is C37H67NO12. The summed E-state index contributed by atoms with van der Waals surface area (Å²) in [4.78, 5) is 16.3. The van der Waals surface area contributed by atoms with Gasteiger partial charge in [-0.3, -0.25) is 4.79 Å². The fourth-order valence-corrected chi connectivity index (χ4v) is 9.20. The Morgan fingerprint density at radius 3 is 2.24 bits per heavy atom. The molecular weight excluding hydrogens is 650 g/mol. The summed E-state index contributed by atoms with van der Waals surface area (Å²) in [6.07, 6.45) is -7.36. The fourth-order valence-electron chi connectivity index (χ4n) is 9.20. The Morgan fingerprint density at radius 1 is 1.02 bits per heavy atom. The maximum atomic E-state index is 14.3. The minimum atomic E-state index is -1.78. The number of fused-ring (bicyclic) bond motifs is 2. The van der Waals surface area contributed by atoms with Crippen LogP contribution in [0.25, 0.3) is 0 Å². The van der Waals surface area contributed by atoms with Crippen molar-refractivity contribution in [3.63, 3.8) is 0 Å². The molecule has 4 rings (SSSR count). The second-order valence-electron chi connectivity index (χ2n) is 16.8. The number of ether oxygens (including phenoxy) is 7. The predicted molar refractivity (Wildman–Crippen MR) is 184 cm³/mol. The summed E-state index contributed by atoms with van der Waals surface area (Å²) < 4.78 is 45.1. The molecule has 4 aliphatic rings. The van der Waals surface area contributed by atoms with E-state index in [-0.39, 0.29) is 30.9 Å². The van der Waals surface area contributed by atoms with Crippen LogP contribution in [-0.4, -0.2) is 143 Å². The van der Waals surface area contributed by atoms with Crippen molar-refractivity contribution in [3.8, 4) is 0 Å². The van der Waals surface area contributed by atoms with Crippen LogP contribution in [0.2, 0.25) is 0 Å². The van der Waals surface area contributed by atoms with Gasteiger partial charge in [0.25, 0.3) is 0 Å². The minimum Gasteiger partial charge on any atom is -0.459 e. The number of aliphatic hydroxyl groups is 4. The zero-order valence-electron chi connectivity index (χ0n) is 32.6. The Hall–Kier alpha value is -0.970. The number of aliphatic hydroxyl groups excluding tert-OH is 3. The van der Waals surface area contributed by atoms with Crippen molar-refractivity contribution >= 4 is 5.97 Å². The number of likely N-dealkylation sites (N-methyl/N-ethyl adjacent to an activating group) is 1. The first-order valence-corrected chi connectivity index (χ1v) is 18.6. The molecule has 0 radical (unpaired) electrons. The van der Waals surface area contributed by atoms with Gasteiger partial charge in [-0.25, -0.2) is 0 Å². The van der Waals surface area contributed by atoms with Crippen LogP contribution in [-0.2, 0) is 38.0 Å². The third-order valence-electron chi connectivity index (χ3n) is 12.4. The number of hydrogen-bond donors (Lipinski definition) is 4. The summed E-state index contributed by atoms with van der Waals surface area (Å²) in [6, 6.07) is -0.213. The Balaban J connectivity index is 1.82. The summed E-state index contributed by atoms with van der Waals surface area (Å²) in [5.74, 6) is -2.67. The molecule has 4 fully saturated rings. The van der Waals surface area contributed by atoms with E-state index < -0.39 is 102 Å². The van der Waals surface area contributed by atoms with E-state index in [0.717, 1.165) is 0 Å². The topological polar surface area (TPSA) is 166 Å². The lowest BCUT2D eigenvalue weighted by Gasteiger charge is -2.48. The molecule has 0 saturated carbocycles. The van der Waals surface area contributed by atoms with Crippen molar-refractivity contribution < 1.29 is 58.4 Å². The average Bonchev–Trinajstić information content (AvgIpc) is 3.36. The molecule has 19 atom stereocenters. The molecule has 0 unspecified atom stereocenters. The molecule has 13 heteroatoms. The summed E-state index contributed by atoms with van der Waals surface area (Å²) in [5.41, 5.74) is -3.72. The molecule has 4 heterocycles. The van der Waals surface area contributed by atoms with Gasteiger partial charge in [-0.05, 0) is 80.8 Å². The van der Waals surface area contributed by atoms with Gasteiger partial charge in [-0.1, -0.05) is 27.7 Å². The number of nitrogens with zero attached hydrogens (tertiary/aromatic N) is 1.